The zero-order chi connectivity index (χ0) is 23.3. The fourth-order valence-electron chi connectivity index (χ4n) is 3.19. The monoisotopic (exact) mass is 456 g/mol. The van der Waals surface area contributed by atoms with E-state index in [0.717, 1.165) is 11.1 Å². The number of hydrogen-bond acceptors (Lipinski definition) is 8. The average Bonchev–Trinajstić information content (AvgIpc) is 2.77. The number of aromatic amines is 1. The minimum atomic E-state index is -0.434. The molecule has 0 amide bonds. The molecule has 3 aromatic rings. The van der Waals surface area contributed by atoms with Gasteiger partial charge in [0.15, 0.2) is 16.7 Å². The van der Waals surface area contributed by atoms with Gasteiger partial charge >= 0.3 is 0 Å². The second-order valence-corrected chi connectivity index (χ2v) is 8.10. The van der Waals surface area contributed by atoms with Crippen LogP contribution in [0.2, 0.25) is 0 Å². The molecule has 168 valence electrons. The van der Waals surface area contributed by atoms with Crippen molar-refractivity contribution in [2.24, 2.45) is 0 Å². The molecule has 10 heteroatoms. The molecule has 0 aliphatic carbocycles. The Morgan fingerprint density at radius 1 is 1.06 bits per heavy atom. The van der Waals surface area contributed by atoms with Gasteiger partial charge in [-0.1, -0.05) is 30.0 Å². The molecule has 2 aromatic carbocycles. The third kappa shape index (κ3) is 5.38. The normalized spacial score (nSPS) is 10.6. The highest BCUT2D eigenvalue weighted by molar-refractivity contribution is 7.98. The van der Waals surface area contributed by atoms with Gasteiger partial charge in [0.2, 0.25) is 0 Å². The van der Waals surface area contributed by atoms with Crippen LogP contribution in [-0.2, 0) is 12.2 Å². The maximum atomic E-state index is 12.8. The molecule has 0 saturated heterocycles. The van der Waals surface area contributed by atoms with E-state index in [1.54, 1.807) is 45.3 Å². The maximum Gasteiger partial charge on any atom is 0.275 e. The van der Waals surface area contributed by atoms with Crippen LogP contribution < -0.4 is 19.9 Å². The maximum absolute atomic E-state index is 12.8. The Hall–Kier alpha value is -3.53. The highest BCUT2D eigenvalue weighted by atomic mass is 32.2. The molecule has 1 N–H and O–H groups in total. The number of nitrogens with zero attached hydrogens (tertiary/aromatic N) is 3. The predicted octanol–water partition coefficient (Wildman–Crippen LogP) is 3.64. The number of benzene rings is 2. The van der Waals surface area contributed by atoms with Gasteiger partial charge < -0.3 is 14.4 Å². The molecule has 0 spiro atoms. The number of nitro groups is 1. The van der Waals surface area contributed by atoms with Gasteiger partial charge in [0, 0.05) is 38.4 Å². The van der Waals surface area contributed by atoms with Crippen molar-refractivity contribution < 1.29 is 14.4 Å². The van der Waals surface area contributed by atoms with Crippen molar-refractivity contribution in [3.8, 4) is 11.5 Å². The quantitative estimate of drug-likeness (QED) is 0.225. The fraction of sp³-hybridized carbons (Fsp3) is 0.273. The van der Waals surface area contributed by atoms with E-state index in [-0.39, 0.29) is 11.2 Å². The second-order valence-electron chi connectivity index (χ2n) is 7.14. The van der Waals surface area contributed by atoms with Gasteiger partial charge in [0.05, 0.1) is 24.8 Å². The van der Waals surface area contributed by atoms with Gasteiger partial charge in [-0.05, 0) is 23.3 Å². The SMILES string of the molecule is COc1ccc(Cc2nc(SCc3ccc([N+](=O)[O-])cc3)[nH]c(=O)c2N(C)C)cc1OC. The van der Waals surface area contributed by atoms with Gasteiger partial charge in [-0.15, -0.1) is 0 Å². The van der Waals surface area contributed by atoms with Crippen molar-refractivity contribution in [3.63, 3.8) is 0 Å². The molecular formula is C22H24N4O5S. The van der Waals surface area contributed by atoms with E-state index in [2.05, 4.69) is 4.98 Å². The summed E-state index contributed by atoms with van der Waals surface area (Å²) < 4.78 is 10.7. The van der Waals surface area contributed by atoms with E-state index in [0.29, 0.717) is 40.2 Å². The summed E-state index contributed by atoms with van der Waals surface area (Å²) in [6, 6.07) is 11.9. The van der Waals surface area contributed by atoms with Crippen molar-refractivity contribution in [3.05, 3.63) is 79.8 Å². The molecule has 0 aliphatic heterocycles. The third-order valence-corrected chi connectivity index (χ3v) is 5.68. The van der Waals surface area contributed by atoms with Crippen molar-refractivity contribution >= 4 is 23.1 Å². The van der Waals surface area contributed by atoms with E-state index < -0.39 is 4.92 Å². The van der Waals surface area contributed by atoms with Crippen LogP contribution in [0, 0.1) is 10.1 Å². The molecule has 3 rings (SSSR count). The summed E-state index contributed by atoms with van der Waals surface area (Å²) in [5, 5.41) is 11.3. The third-order valence-electron chi connectivity index (χ3n) is 4.73. The number of thioether (sulfide) groups is 1. The summed E-state index contributed by atoms with van der Waals surface area (Å²) in [5.41, 5.74) is 2.75. The van der Waals surface area contributed by atoms with E-state index in [9.17, 15) is 14.9 Å². The van der Waals surface area contributed by atoms with Crippen LogP contribution in [-0.4, -0.2) is 43.2 Å². The lowest BCUT2D eigenvalue weighted by atomic mass is 10.1. The summed E-state index contributed by atoms with van der Waals surface area (Å²) in [6.45, 7) is 0. The summed E-state index contributed by atoms with van der Waals surface area (Å²) in [4.78, 5) is 32.4. The van der Waals surface area contributed by atoms with Gasteiger partial charge in [0.25, 0.3) is 11.2 Å². The fourth-order valence-corrected chi connectivity index (χ4v) is 4.03. The Morgan fingerprint density at radius 2 is 1.72 bits per heavy atom. The molecule has 1 heterocycles. The van der Waals surface area contributed by atoms with Crippen LogP contribution in [0.5, 0.6) is 11.5 Å². The van der Waals surface area contributed by atoms with Crippen molar-refractivity contribution in [2.45, 2.75) is 17.3 Å². The van der Waals surface area contributed by atoms with E-state index in [1.165, 1.54) is 23.9 Å². The van der Waals surface area contributed by atoms with Gasteiger partial charge in [-0.25, -0.2) is 4.98 Å². The number of nitrogens with one attached hydrogen (secondary N) is 1. The molecule has 0 radical (unpaired) electrons. The number of methoxy groups -OCH3 is 2. The number of rotatable bonds is 9. The first kappa shape index (κ1) is 23.1. The molecule has 0 saturated carbocycles. The van der Waals surface area contributed by atoms with E-state index in [4.69, 9.17) is 14.5 Å². The molecule has 32 heavy (non-hydrogen) atoms. The summed E-state index contributed by atoms with van der Waals surface area (Å²) >= 11 is 1.36. The Balaban J connectivity index is 1.87. The highest BCUT2D eigenvalue weighted by Gasteiger charge is 2.16. The number of H-pyrrole nitrogens is 1. The van der Waals surface area contributed by atoms with Crippen LogP contribution in [0.1, 0.15) is 16.8 Å². The number of hydrogen-bond donors (Lipinski definition) is 1. The summed E-state index contributed by atoms with van der Waals surface area (Å²) in [6.07, 6.45) is 0.433. The Labute approximate surface area is 189 Å². The minimum Gasteiger partial charge on any atom is -0.493 e. The van der Waals surface area contributed by atoms with Crippen molar-refractivity contribution in [2.75, 3.05) is 33.2 Å². The number of anilines is 1. The van der Waals surface area contributed by atoms with Gasteiger partial charge in [0.1, 0.15) is 5.69 Å². The Bertz CT molecular complexity index is 1160. The molecular weight excluding hydrogens is 432 g/mol. The lowest BCUT2D eigenvalue weighted by Crippen LogP contribution is -2.24. The second kappa shape index (κ2) is 10.2. The first-order chi connectivity index (χ1) is 15.3. The van der Waals surface area contributed by atoms with Crippen molar-refractivity contribution in [1.82, 2.24) is 9.97 Å². The van der Waals surface area contributed by atoms with Crippen LogP contribution in [0.3, 0.4) is 0 Å². The zero-order valence-corrected chi connectivity index (χ0v) is 19.1. The van der Waals surface area contributed by atoms with E-state index >= 15 is 0 Å². The lowest BCUT2D eigenvalue weighted by molar-refractivity contribution is -0.384. The standard InChI is InChI=1S/C22H24N4O5S/c1-25(2)20-17(11-15-7-10-18(30-3)19(12-15)31-4)23-22(24-21(20)27)32-13-14-5-8-16(9-6-14)26(28)29/h5-10,12H,11,13H2,1-4H3,(H,23,24,27). The first-order valence-corrected chi connectivity index (χ1v) is 10.7. The molecule has 9 nitrogen and oxygen atoms in total. The molecule has 0 fully saturated rings. The highest BCUT2D eigenvalue weighted by Crippen LogP contribution is 2.29. The number of nitro benzene ring substituents is 1. The predicted molar refractivity (Wildman–Crippen MR) is 124 cm³/mol. The number of ether oxygens (including phenoxy) is 2. The molecule has 0 bridgehead atoms. The van der Waals surface area contributed by atoms with Gasteiger partial charge in [-0.2, -0.15) is 0 Å². The largest absolute Gasteiger partial charge is 0.493 e. The zero-order valence-electron chi connectivity index (χ0n) is 18.2. The van der Waals surface area contributed by atoms with Crippen molar-refractivity contribution in [1.29, 1.82) is 0 Å². The number of non-ortho nitro benzene ring substituents is 1. The van der Waals surface area contributed by atoms with Crippen LogP contribution >= 0.6 is 11.8 Å². The lowest BCUT2D eigenvalue weighted by Gasteiger charge is -2.17. The smallest absolute Gasteiger partial charge is 0.275 e. The van der Waals surface area contributed by atoms with Crippen LogP contribution in [0.15, 0.2) is 52.4 Å². The summed E-state index contributed by atoms with van der Waals surface area (Å²) in [5.74, 6) is 1.74. The summed E-state index contributed by atoms with van der Waals surface area (Å²) in [7, 11) is 6.75. The van der Waals surface area contributed by atoms with Crippen LogP contribution in [0.4, 0.5) is 11.4 Å². The average molecular weight is 457 g/mol. The molecule has 1 aromatic heterocycles. The number of aromatic nitrogens is 2. The first-order valence-electron chi connectivity index (χ1n) is 9.70. The Morgan fingerprint density at radius 3 is 2.31 bits per heavy atom. The van der Waals surface area contributed by atoms with E-state index in [1.807, 2.05) is 18.2 Å². The topological polar surface area (TPSA) is 111 Å². The molecule has 0 atom stereocenters. The van der Waals surface area contributed by atoms with Gasteiger partial charge in [-0.3, -0.25) is 19.9 Å². The minimum absolute atomic E-state index is 0.0397. The molecule has 0 unspecified atom stereocenters. The Kier molecular flexibility index (Phi) is 7.37. The van der Waals surface area contributed by atoms with Crippen LogP contribution in [0.25, 0.3) is 0 Å². The molecule has 0 aliphatic rings.